The molecule has 170 valence electrons. The molecule has 7 heteroatoms. The van der Waals surface area contributed by atoms with Gasteiger partial charge in [-0.3, -0.25) is 9.59 Å². The third kappa shape index (κ3) is 4.94. The van der Waals surface area contributed by atoms with Crippen molar-refractivity contribution in [3.63, 3.8) is 0 Å². The molecule has 0 N–H and O–H groups in total. The largest absolute Gasteiger partial charge is 0.457 e. The highest BCUT2D eigenvalue weighted by atomic mass is 19.1. The molecule has 3 aromatic rings. The van der Waals surface area contributed by atoms with Gasteiger partial charge in [-0.1, -0.05) is 29.2 Å². The van der Waals surface area contributed by atoms with Crippen LogP contribution >= 0.6 is 0 Å². The van der Waals surface area contributed by atoms with Gasteiger partial charge in [-0.15, -0.1) is 0 Å². The van der Waals surface area contributed by atoms with Gasteiger partial charge < -0.3 is 14.4 Å². The maximum absolute atomic E-state index is 13.4. The molecule has 0 aromatic heterocycles. The van der Waals surface area contributed by atoms with Gasteiger partial charge in [-0.25, -0.2) is 4.39 Å². The standard InChI is InChI=1S/C27H23BFNO4/c1-17-12-19(15-31)24(14-25(17)28)23-10-11-33-16-26(23)30(2)27(32)18-6-8-21(9-7-18)34-22-5-3-4-20(29)13-22/h3-10,12-15,26H,11,16H2,1-2H3. The number of aryl methyl sites for hydroxylation is 1. The number of ether oxygens (including phenoxy) is 2. The van der Waals surface area contributed by atoms with Crippen LogP contribution in [0, 0.1) is 12.7 Å². The van der Waals surface area contributed by atoms with Crippen molar-refractivity contribution in [1.82, 2.24) is 4.90 Å². The molecule has 3 aromatic carbocycles. The third-order valence-electron chi connectivity index (χ3n) is 5.85. The minimum absolute atomic E-state index is 0.216. The highest BCUT2D eigenvalue weighted by Crippen LogP contribution is 2.29. The zero-order chi connectivity index (χ0) is 24.2. The fraction of sp³-hybridized carbons (Fsp3) is 0.185. The average Bonchev–Trinajstić information content (AvgIpc) is 2.85. The first kappa shape index (κ1) is 23.5. The molecule has 0 aliphatic carbocycles. The molecule has 4 rings (SSSR count). The van der Waals surface area contributed by atoms with Gasteiger partial charge >= 0.3 is 0 Å². The van der Waals surface area contributed by atoms with Crippen molar-refractivity contribution in [2.45, 2.75) is 13.0 Å². The van der Waals surface area contributed by atoms with E-state index in [1.165, 1.54) is 12.1 Å². The second-order valence-electron chi connectivity index (χ2n) is 8.13. The lowest BCUT2D eigenvalue weighted by Crippen LogP contribution is -2.42. The molecule has 1 aliphatic heterocycles. The Hall–Kier alpha value is -3.71. The monoisotopic (exact) mass is 455 g/mol. The number of amides is 1. The Morgan fingerprint density at radius 2 is 1.91 bits per heavy atom. The summed E-state index contributed by atoms with van der Waals surface area (Å²) >= 11 is 0. The van der Waals surface area contributed by atoms with Crippen molar-refractivity contribution in [2.24, 2.45) is 0 Å². The first-order valence-corrected chi connectivity index (χ1v) is 10.8. The average molecular weight is 455 g/mol. The molecule has 34 heavy (non-hydrogen) atoms. The van der Waals surface area contributed by atoms with Gasteiger partial charge in [0.05, 0.1) is 19.3 Å². The number of carbonyl (C=O) groups is 2. The number of halogens is 1. The van der Waals surface area contributed by atoms with Crippen molar-refractivity contribution in [1.29, 1.82) is 0 Å². The molecule has 0 bridgehead atoms. The molecular weight excluding hydrogens is 432 g/mol. The normalized spacial score (nSPS) is 15.4. The van der Waals surface area contributed by atoms with Crippen LogP contribution in [0.2, 0.25) is 0 Å². The maximum Gasteiger partial charge on any atom is 0.254 e. The van der Waals surface area contributed by atoms with Gasteiger partial charge in [-0.2, -0.15) is 0 Å². The summed E-state index contributed by atoms with van der Waals surface area (Å²) < 4.78 is 24.7. The molecule has 0 saturated carbocycles. The van der Waals surface area contributed by atoms with Crippen molar-refractivity contribution in [3.8, 4) is 11.5 Å². The Morgan fingerprint density at radius 3 is 2.62 bits per heavy atom. The van der Waals surface area contributed by atoms with E-state index in [0.29, 0.717) is 46.9 Å². The first-order chi connectivity index (χ1) is 16.4. The predicted octanol–water partition coefficient (Wildman–Crippen LogP) is 4.09. The van der Waals surface area contributed by atoms with E-state index >= 15 is 0 Å². The van der Waals surface area contributed by atoms with Crippen LogP contribution in [0.5, 0.6) is 11.5 Å². The van der Waals surface area contributed by atoms with Gasteiger partial charge in [0.25, 0.3) is 5.91 Å². The fourth-order valence-corrected chi connectivity index (χ4v) is 3.94. The third-order valence-corrected chi connectivity index (χ3v) is 5.85. The van der Waals surface area contributed by atoms with Crippen LogP contribution in [-0.4, -0.2) is 51.2 Å². The van der Waals surface area contributed by atoms with E-state index in [1.807, 2.05) is 13.0 Å². The fourth-order valence-electron chi connectivity index (χ4n) is 3.94. The minimum Gasteiger partial charge on any atom is -0.457 e. The molecule has 1 atom stereocenters. The van der Waals surface area contributed by atoms with Crippen LogP contribution in [0.3, 0.4) is 0 Å². The lowest BCUT2D eigenvalue weighted by atomic mass is 9.83. The highest BCUT2D eigenvalue weighted by Gasteiger charge is 2.29. The summed E-state index contributed by atoms with van der Waals surface area (Å²) in [4.78, 5) is 26.6. The quantitative estimate of drug-likeness (QED) is 0.415. The summed E-state index contributed by atoms with van der Waals surface area (Å²) in [5.41, 5.74) is 3.89. The molecular formula is C27H23BFNO4. The van der Waals surface area contributed by atoms with Crippen LogP contribution in [0.15, 0.2) is 66.7 Å². The Labute approximate surface area is 199 Å². The summed E-state index contributed by atoms with van der Waals surface area (Å²) in [6, 6.07) is 15.6. The van der Waals surface area contributed by atoms with Gasteiger partial charge in [0.15, 0.2) is 6.29 Å². The van der Waals surface area contributed by atoms with E-state index in [9.17, 15) is 14.0 Å². The molecule has 1 aliphatic rings. The Kier molecular flexibility index (Phi) is 6.94. The molecule has 0 spiro atoms. The van der Waals surface area contributed by atoms with Gasteiger partial charge in [0.1, 0.15) is 25.2 Å². The van der Waals surface area contributed by atoms with Gasteiger partial charge in [0.2, 0.25) is 0 Å². The van der Waals surface area contributed by atoms with Crippen LogP contribution < -0.4 is 10.2 Å². The topological polar surface area (TPSA) is 55.8 Å². The molecule has 0 saturated heterocycles. The highest BCUT2D eigenvalue weighted by molar-refractivity contribution is 6.33. The number of nitrogens with zero attached hydrogens (tertiary/aromatic N) is 1. The summed E-state index contributed by atoms with van der Waals surface area (Å²) in [5, 5.41) is 0. The Morgan fingerprint density at radius 1 is 1.15 bits per heavy atom. The van der Waals surface area contributed by atoms with E-state index in [-0.39, 0.29) is 5.91 Å². The van der Waals surface area contributed by atoms with Crippen molar-refractivity contribution in [3.05, 3.63) is 94.8 Å². The van der Waals surface area contributed by atoms with Gasteiger partial charge in [-0.05, 0) is 60.5 Å². The van der Waals surface area contributed by atoms with E-state index in [2.05, 4.69) is 0 Å². The first-order valence-electron chi connectivity index (χ1n) is 10.8. The molecule has 1 amide bonds. The summed E-state index contributed by atoms with van der Waals surface area (Å²) in [7, 11) is 7.81. The predicted molar refractivity (Wildman–Crippen MR) is 130 cm³/mol. The summed E-state index contributed by atoms with van der Waals surface area (Å²) in [6.07, 6.45) is 2.68. The minimum atomic E-state index is -0.398. The number of aldehydes is 1. The van der Waals surface area contributed by atoms with Crippen molar-refractivity contribution < 1.29 is 23.5 Å². The second kappa shape index (κ2) is 10.1. The molecule has 1 unspecified atom stereocenters. The SMILES string of the molecule is [B]c1cc(C2=CCOCC2N(C)C(=O)c2ccc(Oc3cccc(F)c3)cc2)c(C=O)cc1C. The van der Waals surface area contributed by atoms with E-state index in [4.69, 9.17) is 17.3 Å². The molecule has 1 heterocycles. The van der Waals surface area contributed by atoms with Crippen molar-refractivity contribution >= 4 is 31.1 Å². The maximum atomic E-state index is 13.4. The lowest BCUT2D eigenvalue weighted by molar-refractivity contribution is 0.0620. The van der Waals surface area contributed by atoms with E-state index in [0.717, 1.165) is 17.4 Å². The summed E-state index contributed by atoms with van der Waals surface area (Å²) in [5.74, 6) is 0.245. The lowest BCUT2D eigenvalue weighted by Gasteiger charge is -2.33. The number of hydrogen-bond donors (Lipinski definition) is 0. The number of hydrogen-bond acceptors (Lipinski definition) is 4. The van der Waals surface area contributed by atoms with Crippen LogP contribution in [0.25, 0.3) is 5.57 Å². The molecule has 0 fully saturated rings. The molecule has 5 nitrogen and oxygen atoms in total. The van der Waals surface area contributed by atoms with Crippen molar-refractivity contribution in [2.75, 3.05) is 20.3 Å². The molecule has 2 radical (unpaired) electrons. The van der Waals surface area contributed by atoms with E-state index < -0.39 is 11.9 Å². The van der Waals surface area contributed by atoms with E-state index in [1.54, 1.807) is 60.5 Å². The van der Waals surface area contributed by atoms with Crippen LogP contribution in [0.1, 0.15) is 31.8 Å². The number of carbonyl (C=O) groups excluding carboxylic acids is 2. The number of benzene rings is 3. The smallest absolute Gasteiger partial charge is 0.254 e. The van der Waals surface area contributed by atoms with Crippen LogP contribution in [-0.2, 0) is 4.74 Å². The Balaban J connectivity index is 1.56. The van der Waals surface area contributed by atoms with Crippen LogP contribution in [0.4, 0.5) is 4.39 Å². The Bertz CT molecular complexity index is 1260. The second-order valence-corrected chi connectivity index (χ2v) is 8.13. The van der Waals surface area contributed by atoms with Gasteiger partial charge in [0, 0.05) is 24.2 Å². The number of likely N-dealkylation sites (N-methyl/N-ethyl adjacent to an activating group) is 1. The zero-order valence-electron chi connectivity index (χ0n) is 19.0. The number of rotatable bonds is 6. The zero-order valence-corrected chi connectivity index (χ0v) is 19.0. The summed E-state index contributed by atoms with van der Waals surface area (Å²) in [6.45, 7) is 2.52.